The molecule has 158 valence electrons. The van der Waals surface area contributed by atoms with Gasteiger partial charge in [-0.25, -0.2) is 0 Å². The van der Waals surface area contributed by atoms with Crippen LogP contribution >= 0.6 is 0 Å². The molecule has 0 aliphatic rings. The molecule has 2 heterocycles. The lowest BCUT2D eigenvalue weighted by atomic mass is 10.1. The van der Waals surface area contributed by atoms with E-state index >= 15 is 0 Å². The Morgan fingerprint density at radius 2 is 1.77 bits per heavy atom. The van der Waals surface area contributed by atoms with Crippen LogP contribution in [-0.4, -0.2) is 42.4 Å². The molecule has 1 amide bonds. The Bertz CT molecular complexity index is 965. The second-order valence-electron chi connectivity index (χ2n) is 6.50. The van der Waals surface area contributed by atoms with Crippen LogP contribution < -0.4 is 19.5 Å². The van der Waals surface area contributed by atoms with Crippen LogP contribution in [0.4, 0.5) is 0 Å². The summed E-state index contributed by atoms with van der Waals surface area (Å²) in [5.41, 5.74) is 1.64. The monoisotopic (exact) mass is 412 g/mol. The van der Waals surface area contributed by atoms with Gasteiger partial charge >= 0.3 is 0 Å². The van der Waals surface area contributed by atoms with E-state index in [4.69, 9.17) is 18.7 Å². The van der Waals surface area contributed by atoms with Gasteiger partial charge < -0.3 is 24.1 Å². The number of aromatic nitrogens is 3. The summed E-state index contributed by atoms with van der Waals surface area (Å²) in [6.07, 6.45) is 3.87. The van der Waals surface area contributed by atoms with Crippen molar-refractivity contribution >= 4 is 5.91 Å². The molecule has 1 atom stereocenters. The first-order valence-corrected chi connectivity index (χ1v) is 9.38. The molecule has 9 nitrogen and oxygen atoms in total. The maximum atomic E-state index is 12.4. The van der Waals surface area contributed by atoms with E-state index in [1.54, 1.807) is 45.9 Å². The summed E-state index contributed by atoms with van der Waals surface area (Å²) in [7, 11) is 4.65. The standard InChI is InChI=1S/C21H24N4O5/c1-13(15-11-16(27-2)20(29-4)17(12-15)28-3)23-18(26)5-6-19-24-21(25-30-19)14-7-9-22-10-8-14/h7-13H,5-6H2,1-4H3,(H,23,26). The Labute approximate surface area is 174 Å². The normalized spacial score (nSPS) is 11.6. The number of hydrogen-bond acceptors (Lipinski definition) is 8. The average Bonchev–Trinajstić information content (AvgIpc) is 3.26. The molecule has 0 fully saturated rings. The largest absolute Gasteiger partial charge is 0.493 e. The van der Waals surface area contributed by atoms with E-state index in [-0.39, 0.29) is 18.4 Å². The lowest BCUT2D eigenvalue weighted by Gasteiger charge is -2.18. The number of methoxy groups -OCH3 is 3. The minimum atomic E-state index is -0.263. The van der Waals surface area contributed by atoms with Gasteiger partial charge in [0.25, 0.3) is 0 Å². The molecule has 30 heavy (non-hydrogen) atoms. The first-order valence-electron chi connectivity index (χ1n) is 9.38. The van der Waals surface area contributed by atoms with E-state index < -0.39 is 0 Å². The van der Waals surface area contributed by atoms with Crippen LogP contribution in [0.3, 0.4) is 0 Å². The molecule has 0 radical (unpaired) electrons. The lowest BCUT2D eigenvalue weighted by molar-refractivity contribution is -0.121. The third-order valence-electron chi connectivity index (χ3n) is 4.54. The second kappa shape index (κ2) is 9.73. The Morgan fingerprint density at radius 1 is 1.10 bits per heavy atom. The minimum Gasteiger partial charge on any atom is -0.493 e. The molecular weight excluding hydrogens is 388 g/mol. The SMILES string of the molecule is COc1cc(C(C)NC(=O)CCc2nc(-c3ccncc3)no2)cc(OC)c1OC. The number of aryl methyl sites for hydroxylation is 1. The number of hydrogen-bond donors (Lipinski definition) is 1. The van der Waals surface area contributed by atoms with E-state index in [1.165, 1.54) is 0 Å². The van der Waals surface area contributed by atoms with Gasteiger partial charge in [0, 0.05) is 30.8 Å². The molecule has 0 spiro atoms. The van der Waals surface area contributed by atoms with Crippen molar-refractivity contribution < 1.29 is 23.5 Å². The third-order valence-corrected chi connectivity index (χ3v) is 4.54. The van der Waals surface area contributed by atoms with Gasteiger partial charge in [-0.1, -0.05) is 5.16 Å². The van der Waals surface area contributed by atoms with Crippen LogP contribution in [-0.2, 0) is 11.2 Å². The molecular formula is C21H24N4O5. The Hall–Kier alpha value is -3.62. The molecule has 9 heteroatoms. The van der Waals surface area contributed by atoms with Crippen molar-refractivity contribution in [2.75, 3.05) is 21.3 Å². The topological polar surface area (TPSA) is 109 Å². The van der Waals surface area contributed by atoms with Crippen molar-refractivity contribution in [3.63, 3.8) is 0 Å². The number of nitrogens with one attached hydrogen (secondary N) is 1. The van der Waals surface area contributed by atoms with Crippen molar-refractivity contribution in [2.24, 2.45) is 0 Å². The van der Waals surface area contributed by atoms with E-state index in [0.29, 0.717) is 35.4 Å². The Balaban J connectivity index is 1.61. The van der Waals surface area contributed by atoms with Gasteiger partial charge in [-0.05, 0) is 36.8 Å². The van der Waals surface area contributed by atoms with Crippen molar-refractivity contribution in [3.8, 4) is 28.6 Å². The molecule has 3 aromatic rings. The molecule has 1 unspecified atom stereocenters. The highest BCUT2D eigenvalue weighted by Gasteiger charge is 2.18. The summed E-state index contributed by atoms with van der Waals surface area (Å²) < 4.78 is 21.3. The molecule has 0 saturated carbocycles. The Morgan fingerprint density at radius 3 is 2.37 bits per heavy atom. The number of rotatable bonds is 9. The zero-order valence-corrected chi connectivity index (χ0v) is 17.3. The highest BCUT2D eigenvalue weighted by atomic mass is 16.5. The third kappa shape index (κ3) is 4.86. The van der Waals surface area contributed by atoms with Crippen LogP contribution in [0, 0.1) is 0 Å². The molecule has 3 rings (SSSR count). The van der Waals surface area contributed by atoms with Crippen molar-refractivity contribution in [3.05, 3.63) is 48.1 Å². The number of carbonyl (C=O) groups is 1. The van der Waals surface area contributed by atoms with Crippen LogP contribution in [0.2, 0.25) is 0 Å². The number of ether oxygens (including phenoxy) is 3. The van der Waals surface area contributed by atoms with Crippen molar-refractivity contribution in [1.82, 2.24) is 20.4 Å². The van der Waals surface area contributed by atoms with Gasteiger partial charge in [-0.3, -0.25) is 9.78 Å². The smallest absolute Gasteiger partial charge is 0.227 e. The van der Waals surface area contributed by atoms with Crippen LogP contribution in [0.5, 0.6) is 17.2 Å². The first-order chi connectivity index (χ1) is 14.5. The van der Waals surface area contributed by atoms with Gasteiger partial charge in [-0.15, -0.1) is 0 Å². The zero-order valence-electron chi connectivity index (χ0n) is 17.3. The van der Waals surface area contributed by atoms with Crippen LogP contribution in [0.15, 0.2) is 41.2 Å². The van der Waals surface area contributed by atoms with E-state index in [2.05, 4.69) is 20.4 Å². The van der Waals surface area contributed by atoms with Gasteiger partial charge in [0.15, 0.2) is 11.5 Å². The average molecular weight is 412 g/mol. The van der Waals surface area contributed by atoms with Crippen LogP contribution in [0.1, 0.15) is 30.8 Å². The maximum Gasteiger partial charge on any atom is 0.227 e. The van der Waals surface area contributed by atoms with E-state index in [0.717, 1.165) is 11.1 Å². The van der Waals surface area contributed by atoms with Crippen molar-refractivity contribution in [1.29, 1.82) is 0 Å². The number of pyridine rings is 1. The highest BCUT2D eigenvalue weighted by Crippen LogP contribution is 2.39. The van der Waals surface area contributed by atoms with Gasteiger partial charge in [-0.2, -0.15) is 4.98 Å². The number of carbonyl (C=O) groups excluding carboxylic acids is 1. The number of benzene rings is 1. The molecule has 0 saturated heterocycles. The minimum absolute atomic E-state index is 0.139. The summed E-state index contributed by atoms with van der Waals surface area (Å²) >= 11 is 0. The molecule has 0 bridgehead atoms. The summed E-state index contributed by atoms with van der Waals surface area (Å²) in [4.78, 5) is 20.7. The number of amides is 1. The summed E-state index contributed by atoms with van der Waals surface area (Å²) in [5, 5.41) is 6.90. The Kier molecular flexibility index (Phi) is 6.84. The summed E-state index contributed by atoms with van der Waals surface area (Å²) in [5.74, 6) is 2.30. The maximum absolute atomic E-state index is 12.4. The fourth-order valence-electron chi connectivity index (χ4n) is 2.94. The van der Waals surface area contributed by atoms with Crippen LogP contribution in [0.25, 0.3) is 11.4 Å². The number of nitrogens with zero attached hydrogens (tertiary/aromatic N) is 3. The second-order valence-corrected chi connectivity index (χ2v) is 6.50. The lowest BCUT2D eigenvalue weighted by Crippen LogP contribution is -2.27. The molecule has 2 aromatic heterocycles. The van der Waals surface area contributed by atoms with Gasteiger partial charge in [0.05, 0.1) is 27.4 Å². The summed E-state index contributed by atoms with van der Waals surface area (Å²) in [6.45, 7) is 1.88. The predicted molar refractivity (Wildman–Crippen MR) is 109 cm³/mol. The summed E-state index contributed by atoms with van der Waals surface area (Å²) in [6, 6.07) is 6.94. The van der Waals surface area contributed by atoms with E-state index in [1.807, 2.05) is 19.1 Å². The molecule has 0 aliphatic carbocycles. The molecule has 0 aliphatic heterocycles. The molecule has 1 N–H and O–H groups in total. The predicted octanol–water partition coefficient (Wildman–Crippen LogP) is 2.97. The first kappa shape index (κ1) is 21.1. The van der Waals surface area contributed by atoms with Gasteiger partial charge in [0.2, 0.25) is 23.4 Å². The fourth-order valence-corrected chi connectivity index (χ4v) is 2.94. The van der Waals surface area contributed by atoms with Gasteiger partial charge in [0.1, 0.15) is 0 Å². The van der Waals surface area contributed by atoms with E-state index in [9.17, 15) is 4.79 Å². The zero-order chi connectivity index (χ0) is 21.5. The molecule has 1 aromatic carbocycles. The fraction of sp³-hybridized carbons (Fsp3) is 0.333. The van der Waals surface area contributed by atoms with Crippen molar-refractivity contribution in [2.45, 2.75) is 25.8 Å². The highest BCUT2D eigenvalue weighted by molar-refractivity contribution is 5.76. The quantitative estimate of drug-likeness (QED) is 0.571.